The first kappa shape index (κ1) is 15.1. The molecule has 1 aliphatic heterocycles. The van der Waals surface area contributed by atoms with Crippen LogP contribution in [0.2, 0.25) is 0 Å². The molecule has 118 valence electrons. The zero-order valence-corrected chi connectivity index (χ0v) is 11.9. The van der Waals surface area contributed by atoms with E-state index in [-0.39, 0.29) is 12.0 Å². The lowest BCUT2D eigenvalue weighted by Crippen LogP contribution is -2.38. The number of hydrogen-bond acceptors (Lipinski definition) is 3. The molecule has 1 saturated heterocycles. The summed E-state index contributed by atoms with van der Waals surface area (Å²) in [4.78, 5) is 0. The van der Waals surface area contributed by atoms with Gasteiger partial charge >= 0.3 is 6.18 Å². The number of rotatable bonds is 3. The van der Waals surface area contributed by atoms with Gasteiger partial charge in [0.15, 0.2) is 0 Å². The third-order valence-corrected chi connectivity index (χ3v) is 4.09. The lowest BCUT2D eigenvalue weighted by atomic mass is 9.87. The van der Waals surface area contributed by atoms with E-state index in [9.17, 15) is 13.2 Å². The molecule has 1 fully saturated rings. The summed E-state index contributed by atoms with van der Waals surface area (Å²) in [6.45, 7) is 0.828. The number of benzene rings is 1. The highest BCUT2D eigenvalue weighted by molar-refractivity contribution is 5.26. The number of piperidine rings is 1. The van der Waals surface area contributed by atoms with E-state index in [1.807, 2.05) is 6.07 Å². The van der Waals surface area contributed by atoms with Gasteiger partial charge in [-0.15, -0.1) is 0 Å². The van der Waals surface area contributed by atoms with Crippen molar-refractivity contribution >= 4 is 0 Å². The van der Waals surface area contributed by atoms with Crippen molar-refractivity contribution in [3.63, 3.8) is 0 Å². The summed E-state index contributed by atoms with van der Waals surface area (Å²) in [6, 6.07) is 7.56. The molecule has 1 aliphatic rings. The van der Waals surface area contributed by atoms with E-state index in [2.05, 4.69) is 10.5 Å². The second-order valence-electron chi connectivity index (χ2n) is 5.69. The van der Waals surface area contributed by atoms with E-state index >= 15 is 0 Å². The van der Waals surface area contributed by atoms with Gasteiger partial charge in [0, 0.05) is 18.0 Å². The predicted molar refractivity (Wildman–Crippen MR) is 75.4 cm³/mol. The highest BCUT2D eigenvalue weighted by Gasteiger charge is 2.31. The Morgan fingerprint density at radius 1 is 1.27 bits per heavy atom. The molecular weight excluding hydrogens is 293 g/mol. The van der Waals surface area contributed by atoms with Crippen LogP contribution in [-0.4, -0.2) is 17.7 Å². The Hall–Kier alpha value is -1.82. The number of hydrogen-bond donors (Lipinski definition) is 1. The largest absolute Gasteiger partial charge is 0.416 e. The quantitative estimate of drug-likeness (QED) is 0.938. The summed E-state index contributed by atoms with van der Waals surface area (Å²) in [5.41, 5.74) is 0.109. The normalized spacial score (nSPS) is 22.7. The Balaban J connectivity index is 1.68. The first-order chi connectivity index (χ1) is 10.5. The number of alkyl halides is 3. The van der Waals surface area contributed by atoms with E-state index < -0.39 is 11.7 Å². The minimum atomic E-state index is -4.29. The van der Waals surface area contributed by atoms with Crippen molar-refractivity contribution in [1.82, 2.24) is 10.5 Å². The van der Waals surface area contributed by atoms with Crippen molar-refractivity contribution in [2.75, 3.05) is 6.54 Å². The van der Waals surface area contributed by atoms with Gasteiger partial charge in [0.25, 0.3) is 0 Å². The van der Waals surface area contributed by atoms with Crippen LogP contribution in [0.15, 0.2) is 41.1 Å². The van der Waals surface area contributed by atoms with E-state index in [4.69, 9.17) is 4.52 Å². The molecule has 3 rings (SSSR count). The molecule has 1 aromatic heterocycles. The minimum Gasteiger partial charge on any atom is -0.361 e. The van der Waals surface area contributed by atoms with Crippen LogP contribution in [0, 0.1) is 0 Å². The van der Waals surface area contributed by atoms with E-state index in [0.29, 0.717) is 12.0 Å². The molecule has 2 atom stereocenters. The highest BCUT2D eigenvalue weighted by Crippen LogP contribution is 2.31. The van der Waals surface area contributed by atoms with Gasteiger partial charge in [-0.2, -0.15) is 13.2 Å². The van der Waals surface area contributed by atoms with Gasteiger partial charge in [-0.25, -0.2) is 0 Å². The second-order valence-corrected chi connectivity index (χ2v) is 5.69. The topological polar surface area (TPSA) is 38.1 Å². The van der Waals surface area contributed by atoms with Crippen molar-refractivity contribution in [1.29, 1.82) is 0 Å². The third-order valence-electron chi connectivity index (χ3n) is 4.09. The lowest BCUT2D eigenvalue weighted by molar-refractivity contribution is -0.137. The van der Waals surface area contributed by atoms with Crippen LogP contribution in [0.25, 0.3) is 0 Å². The molecule has 6 heteroatoms. The molecule has 22 heavy (non-hydrogen) atoms. The van der Waals surface area contributed by atoms with Crippen LogP contribution >= 0.6 is 0 Å². The summed E-state index contributed by atoms with van der Waals surface area (Å²) in [7, 11) is 0. The average Bonchev–Trinajstić information content (AvgIpc) is 3.01. The van der Waals surface area contributed by atoms with Crippen LogP contribution < -0.4 is 5.32 Å². The first-order valence-electron chi connectivity index (χ1n) is 7.32. The Labute approximate surface area is 126 Å². The Morgan fingerprint density at radius 3 is 2.86 bits per heavy atom. The lowest BCUT2D eigenvalue weighted by Gasteiger charge is -2.29. The average molecular weight is 310 g/mol. The third kappa shape index (κ3) is 3.50. The fraction of sp³-hybridized carbons (Fsp3) is 0.438. The zero-order valence-electron chi connectivity index (χ0n) is 11.9. The molecule has 0 saturated carbocycles. The van der Waals surface area contributed by atoms with Gasteiger partial charge in [-0.05, 0) is 37.4 Å². The maximum Gasteiger partial charge on any atom is 0.416 e. The molecule has 2 unspecified atom stereocenters. The maximum absolute atomic E-state index is 12.8. The van der Waals surface area contributed by atoms with Crippen LogP contribution in [-0.2, 0) is 12.6 Å². The Morgan fingerprint density at radius 2 is 2.14 bits per heavy atom. The fourth-order valence-electron chi connectivity index (χ4n) is 3.02. The van der Waals surface area contributed by atoms with Gasteiger partial charge in [-0.1, -0.05) is 23.4 Å². The van der Waals surface area contributed by atoms with E-state index in [0.717, 1.165) is 31.2 Å². The van der Waals surface area contributed by atoms with Crippen molar-refractivity contribution in [2.45, 2.75) is 37.4 Å². The summed E-state index contributed by atoms with van der Waals surface area (Å²) >= 11 is 0. The van der Waals surface area contributed by atoms with Gasteiger partial charge in [0.2, 0.25) is 0 Å². The highest BCUT2D eigenvalue weighted by atomic mass is 19.4. The Bertz CT molecular complexity index is 610. The molecule has 1 N–H and O–H groups in total. The van der Waals surface area contributed by atoms with Gasteiger partial charge in [0.1, 0.15) is 5.76 Å². The molecule has 0 radical (unpaired) electrons. The monoisotopic (exact) mass is 310 g/mol. The predicted octanol–water partition coefficient (Wildman–Crippen LogP) is 3.77. The number of aromatic nitrogens is 1. The van der Waals surface area contributed by atoms with Crippen LogP contribution in [0.4, 0.5) is 13.2 Å². The van der Waals surface area contributed by atoms with Gasteiger partial charge in [0.05, 0.1) is 11.8 Å². The smallest absolute Gasteiger partial charge is 0.361 e. The molecule has 2 heterocycles. The molecule has 2 aromatic rings. The van der Waals surface area contributed by atoms with Crippen LogP contribution in [0.5, 0.6) is 0 Å². The standard InChI is InChI=1S/C16H17F3N2O/c17-16(18,19)13-3-1-2-11(8-13)9-14-10-12(4-6-20-14)15-5-7-21-22-15/h1-3,5,7-8,12,14,20H,4,6,9-10H2. The number of nitrogens with one attached hydrogen (secondary N) is 1. The van der Waals surface area contributed by atoms with Crippen LogP contribution in [0.3, 0.4) is 0 Å². The van der Waals surface area contributed by atoms with Crippen LogP contribution in [0.1, 0.15) is 35.6 Å². The summed E-state index contributed by atoms with van der Waals surface area (Å²) < 4.78 is 43.5. The number of halogens is 3. The summed E-state index contributed by atoms with van der Waals surface area (Å²) in [5, 5.41) is 7.10. The fourth-order valence-corrected chi connectivity index (χ4v) is 3.02. The minimum absolute atomic E-state index is 0.146. The van der Waals surface area contributed by atoms with Crippen molar-refractivity contribution in [2.24, 2.45) is 0 Å². The van der Waals surface area contributed by atoms with Gasteiger partial charge < -0.3 is 9.84 Å². The summed E-state index contributed by atoms with van der Waals surface area (Å²) in [5.74, 6) is 1.13. The zero-order chi connectivity index (χ0) is 15.6. The molecular formula is C16H17F3N2O. The van der Waals surface area contributed by atoms with Crippen molar-refractivity contribution in [3.8, 4) is 0 Å². The van der Waals surface area contributed by atoms with E-state index in [1.165, 1.54) is 12.1 Å². The SMILES string of the molecule is FC(F)(F)c1cccc(CC2CC(c3ccno3)CCN2)c1. The summed E-state index contributed by atoms with van der Waals surface area (Å²) in [6.07, 6.45) is -0.300. The molecule has 1 aromatic carbocycles. The molecule has 0 spiro atoms. The number of nitrogens with zero attached hydrogens (tertiary/aromatic N) is 1. The van der Waals surface area contributed by atoms with Gasteiger partial charge in [-0.3, -0.25) is 0 Å². The molecule has 3 nitrogen and oxygen atoms in total. The maximum atomic E-state index is 12.8. The Kier molecular flexibility index (Phi) is 4.20. The van der Waals surface area contributed by atoms with Crippen molar-refractivity contribution < 1.29 is 17.7 Å². The molecule has 0 bridgehead atoms. The van der Waals surface area contributed by atoms with Crippen molar-refractivity contribution in [3.05, 3.63) is 53.4 Å². The first-order valence-corrected chi connectivity index (χ1v) is 7.32. The molecule has 0 aliphatic carbocycles. The molecule has 0 amide bonds. The van der Waals surface area contributed by atoms with E-state index in [1.54, 1.807) is 12.3 Å². The second kappa shape index (κ2) is 6.12.